The second kappa shape index (κ2) is 11.0. The molecule has 0 aliphatic rings. The van der Waals surface area contributed by atoms with Crippen molar-refractivity contribution in [1.82, 2.24) is 14.8 Å². The number of aromatic amines is 1. The van der Waals surface area contributed by atoms with Gasteiger partial charge in [0.05, 0.1) is 18.0 Å². The number of hydrogen-bond donors (Lipinski definition) is 1. The Bertz CT molecular complexity index is 764. The predicted molar refractivity (Wildman–Crippen MR) is 110 cm³/mol. The molecular formula is C22H34FN3O2. The van der Waals surface area contributed by atoms with Crippen molar-refractivity contribution in [2.75, 3.05) is 6.61 Å². The average Bonchev–Trinajstić information content (AvgIpc) is 3.16. The molecule has 0 aliphatic carbocycles. The van der Waals surface area contributed by atoms with Crippen LogP contribution in [0.4, 0.5) is 4.39 Å². The topological polar surface area (TPSA) is 59.9 Å². The van der Waals surface area contributed by atoms with Gasteiger partial charge < -0.3 is 9.72 Å². The lowest BCUT2D eigenvalue weighted by Gasteiger charge is -2.05. The zero-order chi connectivity index (χ0) is 20.5. The maximum absolute atomic E-state index is 14.2. The van der Waals surface area contributed by atoms with Crippen molar-refractivity contribution in [2.24, 2.45) is 0 Å². The Balaban J connectivity index is 1.96. The number of aromatic nitrogens is 3. The zero-order valence-electron chi connectivity index (χ0n) is 17.7. The molecule has 0 bridgehead atoms. The first-order valence-corrected chi connectivity index (χ1v) is 10.6. The lowest BCUT2D eigenvalue weighted by molar-refractivity contribution is 0.0515. The van der Waals surface area contributed by atoms with Crippen molar-refractivity contribution >= 4 is 5.97 Å². The van der Waals surface area contributed by atoms with E-state index in [1.807, 2.05) is 18.5 Å². The molecule has 2 heterocycles. The van der Waals surface area contributed by atoms with Crippen LogP contribution >= 0.6 is 0 Å². The van der Waals surface area contributed by atoms with Crippen LogP contribution in [0.1, 0.15) is 87.1 Å². The molecule has 0 fully saturated rings. The number of H-pyrrole nitrogens is 1. The maximum Gasteiger partial charge on any atom is 0.357 e. The number of unbranched alkanes of at least 4 members (excludes halogenated alkanes) is 7. The van der Waals surface area contributed by atoms with Crippen molar-refractivity contribution < 1.29 is 13.9 Å². The smallest absolute Gasteiger partial charge is 0.357 e. The van der Waals surface area contributed by atoms with E-state index in [1.54, 1.807) is 6.92 Å². The quantitative estimate of drug-likeness (QED) is 0.359. The minimum absolute atomic E-state index is 0.133. The van der Waals surface area contributed by atoms with Gasteiger partial charge >= 0.3 is 5.97 Å². The molecule has 0 aromatic carbocycles. The lowest BCUT2D eigenvalue weighted by atomic mass is 10.1. The molecule has 2 aromatic heterocycles. The first-order chi connectivity index (χ1) is 13.5. The molecule has 0 atom stereocenters. The number of aryl methyl sites for hydroxylation is 2. The largest absolute Gasteiger partial charge is 0.461 e. The van der Waals surface area contributed by atoms with Crippen molar-refractivity contribution in [1.29, 1.82) is 0 Å². The van der Waals surface area contributed by atoms with E-state index >= 15 is 0 Å². The normalized spacial score (nSPS) is 11.2. The molecule has 2 aromatic rings. The number of carbonyl (C=O) groups excluding carboxylic acids is 1. The Labute approximate surface area is 167 Å². The third kappa shape index (κ3) is 5.69. The molecular weight excluding hydrogens is 357 g/mol. The molecule has 0 saturated carbocycles. The average molecular weight is 392 g/mol. The lowest BCUT2D eigenvalue weighted by Crippen LogP contribution is -2.06. The van der Waals surface area contributed by atoms with Gasteiger partial charge in [0.2, 0.25) is 0 Å². The van der Waals surface area contributed by atoms with Crippen LogP contribution in [0.15, 0.2) is 6.07 Å². The van der Waals surface area contributed by atoms with Gasteiger partial charge in [-0.1, -0.05) is 51.9 Å². The van der Waals surface area contributed by atoms with E-state index < -0.39 is 11.8 Å². The summed E-state index contributed by atoms with van der Waals surface area (Å²) in [7, 11) is 0. The fraction of sp³-hybridized carbons (Fsp3) is 0.636. The Morgan fingerprint density at radius 1 is 1.11 bits per heavy atom. The number of esters is 1. The number of nitrogens with zero attached hydrogens (tertiary/aromatic N) is 2. The monoisotopic (exact) mass is 391 g/mol. The molecule has 1 N–H and O–H groups in total. The Morgan fingerprint density at radius 2 is 1.75 bits per heavy atom. The van der Waals surface area contributed by atoms with E-state index in [9.17, 15) is 9.18 Å². The minimum atomic E-state index is -0.673. The van der Waals surface area contributed by atoms with Crippen LogP contribution in [0.3, 0.4) is 0 Å². The highest BCUT2D eigenvalue weighted by atomic mass is 19.1. The summed E-state index contributed by atoms with van der Waals surface area (Å²) in [6.45, 7) is 8.90. The van der Waals surface area contributed by atoms with Gasteiger partial charge in [0.25, 0.3) is 0 Å². The van der Waals surface area contributed by atoms with Crippen molar-refractivity contribution in [2.45, 2.75) is 85.6 Å². The van der Waals surface area contributed by atoms with Gasteiger partial charge in [0, 0.05) is 23.9 Å². The summed E-state index contributed by atoms with van der Waals surface area (Å²) in [6.07, 6.45) is 10.2. The summed E-state index contributed by atoms with van der Waals surface area (Å²) >= 11 is 0. The third-order valence-electron chi connectivity index (χ3n) is 5.12. The van der Waals surface area contributed by atoms with Crippen LogP contribution in [0.2, 0.25) is 0 Å². The van der Waals surface area contributed by atoms with Crippen LogP contribution in [-0.4, -0.2) is 27.3 Å². The van der Waals surface area contributed by atoms with Crippen LogP contribution in [-0.2, 0) is 11.3 Å². The third-order valence-corrected chi connectivity index (χ3v) is 5.12. The van der Waals surface area contributed by atoms with Gasteiger partial charge in [-0.3, -0.25) is 4.68 Å². The van der Waals surface area contributed by atoms with Gasteiger partial charge in [0.1, 0.15) is 0 Å². The molecule has 0 amide bonds. The van der Waals surface area contributed by atoms with Crippen LogP contribution < -0.4 is 0 Å². The molecule has 6 heteroatoms. The van der Waals surface area contributed by atoms with E-state index in [0.29, 0.717) is 5.69 Å². The first kappa shape index (κ1) is 22.2. The second-order valence-corrected chi connectivity index (χ2v) is 7.37. The van der Waals surface area contributed by atoms with Gasteiger partial charge in [-0.25, -0.2) is 9.18 Å². The molecule has 28 heavy (non-hydrogen) atoms. The van der Waals surface area contributed by atoms with Crippen molar-refractivity contribution in [3.63, 3.8) is 0 Å². The van der Waals surface area contributed by atoms with Crippen molar-refractivity contribution in [3.05, 3.63) is 29.0 Å². The highest BCUT2D eigenvalue weighted by Gasteiger charge is 2.21. The summed E-state index contributed by atoms with van der Waals surface area (Å²) in [4.78, 5) is 14.7. The van der Waals surface area contributed by atoms with Crippen LogP contribution in [0.5, 0.6) is 0 Å². The number of hydrogen-bond acceptors (Lipinski definition) is 3. The van der Waals surface area contributed by atoms with Gasteiger partial charge in [0.15, 0.2) is 11.5 Å². The number of nitrogens with one attached hydrogen (secondary N) is 1. The highest BCUT2D eigenvalue weighted by Crippen LogP contribution is 2.28. The SMILES string of the molecule is CCCCCCCCCCn1nc(C)c(-c2cc(F)c(C(=O)OCC)[nH]2)c1C. The predicted octanol–water partition coefficient (Wildman–Crippen LogP) is 5.95. The number of rotatable bonds is 12. The molecule has 0 radical (unpaired) electrons. The van der Waals surface area contributed by atoms with E-state index in [4.69, 9.17) is 4.74 Å². The molecule has 0 unspecified atom stereocenters. The molecule has 2 rings (SSSR count). The Hall–Kier alpha value is -2.11. The second-order valence-electron chi connectivity index (χ2n) is 7.37. The molecule has 0 saturated heterocycles. The molecule has 0 spiro atoms. The van der Waals surface area contributed by atoms with E-state index in [0.717, 1.165) is 29.9 Å². The standard InChI is InChI=1S/C22H34FN3O2/c1-5-7-8-9-10-11-12-13-14-26-17(4)20(16(3)25-26)19-15-18(23)21(24-19)22(27)28-6-2/h15,24H,5-14H2,1-4H3. The van der Waals surface area contributed by atoms with Gasteiger partial charge in [-0.05, 0) is 27.2 Å². The summed E-state index contributed by atoms with van der Waals surface area (Å²) in [5.74, 6) is -1.27. The number of carbonyl (C=O) groups is 1. The Kier molecular flexibility index (Phi) is 8.74. The van der Waals surface area contributed by atoms with E-state index in [-0.39, 0.29) is 12.3 Å². The minimum Gasteiger partial charge on any atom is -0.461 e. The molecule has 5 nitrogen and oxygen atoms in total. The van der Waals surface area contributed by atoms with E-state index in [2.05, 4.69) is 17.0 Å². The number of halogens is 1. The van der Waals surface area contributed by atoms with E-state index in [1.165, 1.54) is 51.0 Å². The summed E-state index contributed by atoms with van der Waals surface area (Å²) in [5, 5.41) is 4.62. The number of ether oxygens (including phenoxy) is 1. The Morgan fingerprint density at radius 3 is 2.39 bits per heavy atom. The fourth-order valence-corrected chi connectivity index (χ4v) is 3.62. The molecule has 0 aliphatic heterocycles. The highest BCUT2D eigenvalue weighted by molar-refractivity contribution is 5.89. The summed E-state index contributed by atoms with van der Waals surface area (Å²) < 4.78 is 21.1. The zero-order valence-corrected chi connectivity index (χ0v) is 17.7. The fourth-order valence-electron chi connectivity index (χ4n) is 3.62. The van der Waals surface area contributed by atoms with Crippen LogP contribution in [0, 0.1) is 19.7 Å². The van der Waals surface area contributed by atoms with Gasteiger partial charge in [-0.2, -0.15) is 5.10 Å². The van der Waals surface area contributed by atoms with Crippen LogP contribution in [0.25, 0.3) is 11.3 Å². The van der Waals surface area contributed by atoms with Crippen molar-refractivity contribution in [3.8, 4) is 11.3 Å². The maximum atomic E-state index is 14.2. The first-order valence-electron chi connectivity index (χ1n) is 10.6. The molecule has 156 valence electrons. The summed E-state index contributed by atoms with van der Waals surface area (Å²) in [5.41, 5.74) is 3.10. The van der Waals surface area contributed by atoms with Gasteiger partial charge in [-0.15, -0.1) is 0 Å². The summed E-state index contributed by atoms with van der Waals surface area (Å²) in [6, 6.07) is 1.35.